The van der Waals surface area contributed by atoms with Crippen LogP contribution in [-0.4, -0.2) is 46.5 Å². The molecule has 0 spiro atoms. The maximum Gasteiger partial charge on any atom is 0.274 e. The lowest BCUT2D eigenvalue weighted by atomic mass is 10.2. The molecule has 1 aromatic rings. The molecule has 1 atom stereocenters. The number of hydrogen-bond acceptors (Lipinski definition) is 4. The number of hydrogen-bond donors (Lipinski definition) is 1. The van der Waals surface area contributed by atoms with Gasteiger partial charge in [-0.15, -0.1) is 0 Å². The number of nitrogens with zero attached hydrogens (tertiary/aromatic N) is 3. The lowest BCUT2D eigenvalue weighted by Gasteiger charge is -2.25. The summed E-state index contributed by atoms with van der Waals surface area (Å²) < 4.78 is 0. The Labute approximate surface area is 114 Å². The topological polar surface area (TPSA) is 58.1 Å². The fraction of sp³-hybridized carbons (Fsp3) is 0.643. The minimum atomic E-state index is -0.0111. The summed E-state index contributed by atoms with van der Waals surface area (Å²) in [5.74, 6) is -0.0111. The number of carbonyl (C=O) groups is 1. The molecule has 2 heterocycles. The van der Waals surface area contributed by atoms with Crippen LogP contribution in [0, 0.1) is 6.92 Å². The van der Waals surface area contributed by atoms with Crippen LogP contribution in [0.3, 0.4) is 0 Å². The van der Waals surface area contributed by atoms with Gasteiger partial charge in [0.25, 0.3) is 5.91 Å². The van der Waals surface area contributed by atoms with Crippen molar-refractivity contribution in [1.82, 2.24) is 20.2 Å². The third kappa shape index (κ3) is 3.73. The number of carbonyl (C=O) groups excluding carboxylic acids is 1. The Morgan fingerprint density at radius 3 is 2.89 bits per heavy atom. The largest absolute Gasteiger partial charge is 0.336 e. The molecule has 0 aliphatic carbocycles. The monoisotopic (exact) mass is 262 g/mol. The molecular weight excluding hydrogens is 240 g/mol. The fourth-order valence-corrected chi connectivity index (χ4v) is 2.39. The zero-order valence-electron chi connectivity index (χ0n) is 11.7. The summed E-state index contributed by atoms with van der Waals surface area (Å²) in [6, 6.07) is 0.425. The lowest BCUT2D eigenvalue weighted by Crippen LogP contribution is -2.41. The molecule has 1 saturated heterocycles. The lowest BCUT2D eigenvalue weighted by molar-refractivity contribution is 0.0735. The summed E-state index contributed by atoms with van der Waals surface area (Å²) in [6.07, 6.45) is 6.52. The van der Waals surface area contributed by atoms with Gasteiger partial charge in [-0.2, -0.15) is 0 Å². The zero-order chi connectivity index (χ0) is 13.7. The normalized spacial score (nSPS) is 18.5. The van der Waals surface area contributed by atoms with E-state index in [1.807, 2.05) is 11.8 Å². The molecule has 0 aromatic carbocycles. The number of amides is 1. The highest BCUT2D eigenvalue weighted by atomic mass is 16.2. The highest BCUT2D eigenvalue weighted by molar-refractivity contribution is 5.92. The summed E-state index contributed by atoms with van der Waals surface area (Å²) in [4.78, 5) is 22.7. The molecule has 1 aliphatic rings. The van der Waals surface area contributed by atoms with E-state index in [1.165, 1.54) is 6.42 Å². The number of rotatable bonds is 5. The van der Waals surface area contributed by atoms with Crippen molar-refractivity contribution in [3.63, 3.8) is 0 Å². The van der Waals surface area contributed by atoms with E-state index in [1.54, 1.807) is 12.4 Å². The quantitative estimate of drug-likeness (QED) is 0.871. The van der Waals surface area contributed by atoms with Crippen LogP contribution < -0.4 is 5.32 Å². The van der Waals surface area contributed by atoms with E-state index in [9.17, 15) is 4.79 Å². The first-order valence-corrected chi connectivity index (χ1v) is 7.02. The second-order valence-corrected chi connectivity index (χ2v) is 5.09. The van der Waals surface area contributed by atoms with E-state index in [4.69, 9.17) is 0 Å². The van der Waals surface area contributed by atoms with Gasteiger partial charge in [0, 0.05) is 25.3 Å². The standard InChI is InChI=1S/C14H22N4O/c1-3-7-18(10-12-5-4-6-15-12)14(19)13-9-16-11(2)8-17-13/h8-9,12,15H,3-7,10H2,1-2H3. The van der Waals surface area contributed by atoms with Gasteiger partial charge in [-0.05, 0) is 32.7 Å². The summed E-state index contributed by atoms with van der Waals surface area (Å²) in [5, 5.41) is 3.43. The van der Waals surface area contributed by atoms with E-state index in [0.29, 0.717) is 11.7 Å². The molecule has 0 bridgehead atoms. The van der Waals surface area contributed by atoms with Crippen molar-refractivity contribution < 1.29 is 4.79 Å². The van der Waals surface area contributed by atoms with Crippen molar-refractivity contribution in [2.45, 2.75) is 39.2 Å². The first-order valence-electron chi connectivity index (χ1n) is 7.02. The second kappa shape index (κ2) is 6.61. The van der Waals surface area contributed by atoms with Gasteiger partial charge in [0.2, 0.25) is 0 Å². The number of nitrogens with one attached hydrogen (secondary N) is 1. The molecule has 0 radical (unpaired) electrons. The molecule has 104 valence electrons. The van der Waals surface area contributed by atoms with Gasteiger partial charge in [-0.25, -0.2) is 4.98 Å². The Morgan fingerprint density at radius 2 is 2.32 bits per heavy atom. The van der Waals surface area contributed by atoms with Crippen molar-refractivity contribution in [3.05, 3.63) is 23.8 Å². The number of aromatic nitrogens is 2. The molecule has 2 rings (SSSR count). The summed E-state index contributed by atoms with van der Waals surface area (Å²) in [6.45, 7) is 6.55. The van der Waals surface area contributed by atoms with Crippen LogP contribution in [-0.2, 0) is 0 Å². The molecule has 19 heavy (non-hydrogen) atoms. The Morgan fingerprint density at radius 1 is 1.47 bits per heavy atom. The highest BCUT2D eigenvalue weighted by Crippen LogP contribution is 2.10. The van der Waals surface area contributed by atoms with Gasteiger partial charge >= 0.3 is 0 Å². The van der Waals surface area contributed by atoms with E-state index in [0.717, 1.165) is 38.2 Å². The molecule has 5 heteroatoms. The Balaban J connectivity index is 2.04. The average Bonchev–Trinajstić information content (AvgIpc) is 2.91. The van der Waals surface area contributed by atoms with Crippen LogP contribution >= 0.6 is 0 Å². The third-order valence-corrected chi connectivity index (χ3v) is 3.38. The van der Waals surface area contributed by atoms with E-state index >= 15 is 0 Å². The van der Waals surface area contributed by atoms with Crippen molar-refractivity contribution in [2.75, 3.05) is 19.6 Å². The van der Waals surface area contributed by atoms with Crippen LogP contribution in [0.25, 0.3) is 0 Å². The summed E-state index contributed by atoms with van der Waals surface area (Å²) in [7, 11) is 0. The molecular formula is C14H22N4O. The Bertz CT molecular complexity index is 412. The fourth-order valence-electron chi connectivity index (χ4n) is 2.39. The highest BCUT2D eigenvalue weighted by Gasteiger charge is 2.22. The molecule has 1 fully saturated rings. The van der Waals surface area contributed by atoms with Crippen LogP contribution in [0.15, 0.2) is 12.4 Å². The minimum Gasteiger partial charge on any atom is -0.336 e. The maximum atomic E-state index is 12.4. The van der Waals surface area contributed by atoms with Crippen LogP contribution in [0.5, 0.6) is 0 Å². The molecule has 0 saturated carbocycles. The minimum absolute atomic E-state index is 0.0111. The van der Waals surface area contributed by atoms with Crippen molar-refractivity contribution >= 4 is 5.91 Å². The first kappa shape index (κ1) is 13.9. The average molecular weight is 262 g/mol. The predicted molar refractivity (Wildman–Crippen MR) is 74.0 cm³/mol. The van der Waals surface area contributed by atoms with Gasteiger partial charge in [0.15, 0.2) is 0 Å². The molecule has 5 nitrogen and oxygen atoms in total. The third-order valence-electron chi connectivity index (χ3n) is 3.38. The summed E-state index contributed by atoms with van der Waals surface area (Å²) >= 11 is 0. The Hall–Kier alpha value is -1.49. The van der Waals surface area contributed by atoms with Crippen LogP contribution in [0.2, 0.25) is 0 Å². The second-order valence-electron chi connectivity index (χ2n) is 5.09. The molecule has 1 aromatic heterocycles. The van der Waals surface area contributed by atoms with Crippen LogP contribution in [0.1, 0.15) is 42.4 Å². The first-order chi connectivity index (χ1) is 9.20. The molecule has 1 aliphatic heterocycles. The van der Waals surface area contributed by atoms with E-state index in [2.05, 4.69) is 22.2 Å². The number of aryl methyl sites for hydroxylation is 1. The van der Waals surface area contributed by atoms with Crippen molar-refractivity contribution in [2.24, 2.45) is 0 Å². The Kier molecular flexibility index (Phi) is 4.85. The van der Waals surface area contributed by atoms with E-state index in [-0.39, 0.29) is 5.91 Å². The predicted octanol–water partition coefficient (Wildman–Crippen LogP) is 1.39. The van der Waals surface area contributed by atoms with Gasteiger partial charge in [0.05, 0.1) is 11.9 Å². The maximum absolute atomic E-state index is 12.4. The molecule has 1 N–H and O–H groups in total. The van der Waals surface area contributed by atoms with E-state index < -0.39 is 0 Å². The molecule has 1 amide bonds. The van der Waals surface area contributed by atoms with Gasteiger partial charge in [-0.3, -0.25) is 9.78 Å². The summed E-state index contributed by atoms with van der Waals surface area (Å²) in [5.41, 5.74) is 1.27. The van der Waals surface area contributed by atoms with Gasteiger partial charge < -0.3 is 10.2 Å². The smallest absolute Gasteiger partial charge is 0.274 e. The zero-order valence-corrected chi connectivity index (χ0v) is 11.7. The molecule has 1 unspecified atom stereocenters. The SMILES string of the molecule is CCCN(CC1CCCN1)C(=O)c1cnc(C)cn1. The van der Waals surface area contributed by atoms with Gasteiger partial charge in [-0.1, -0.05) is 6.92 Å². The van der Waals surface area contributed by atoms with Crippen LogP contribution in [0.4, 0.5) is 0 Å². The van der Waals surface area contributed by atoms with Gasteiger partial charge in [0.1, 0.15) is 5.69 Å². The van der Waals surface area contributed by atoms with Crippen molar-refractivity contribution in [1.29, 1.82) is 0 Å². The van der Waals surface area contributed by atoms with Crippen molar-refractivity contribution in [3.8, 4) is 0 Å².